The van der Waals surface area contributed by atoms with Gasteiger partial charge in [0.1, 0.15) is 5.76 Å². The third kappa shape index (κ3) is 4.05. The predicted molar refractivity (Wildman–Crippen MR) is 104 cm³/mol. The minimum Gasteiger partial charge on any atom is -0.464 e. The van der Waals surface area contributed by atoms with Crippen LogP contribution in [0.4, 0.5) is 0 Å². The summed E-state index contributed by atoms with van der Waals surface area (Å²) in [6, 6.07) is 17.7. The number of rotatable bonds is 6. The smallest absolute Gasteiger partial charge is 0.200 e. The van der Waals surface area contributed by atoms with Gasteiger partial charge in [-0.2, -0.15) is 0 Å². The van der Waals surface area contributed by atoms with Crippen molar-refractivity contribution < 1.29 is 14.3 Å². The van der Waals surface area contributed by atoms with Gasteiger partial charge in [-0.25, -0.2) is 0 Å². The fourth-order valence-corrected chi connectivity index (χ4v) is 3.18. The molecule has 2 aromatic carbocycles. The van der Waals surface area contributed by atoms with Gasteiger partial charge < -0.3 is 9.47 Å². The van der Waals surface area contributed by atoms with Crippen molar-refractivity contribution in [3.05, 3.63) is 76.9 Å². The first-order chi connectivity index (χ1) is 12.6. The molecule has 0 spiro atoms. The molecule has 3 nitrogen and oxygen atoms in total. The van der Waals surface area contributed by atoms with Crippen LogP contribution in [0, 0.1) is 0 Å². The maximum Gasteiger partial charge on any atom is 0.200 e. The molecule has 1 heterocycles. The summed E-state index contributed by atoms with van der Waals surface area (Å²) in [7, 11) is 0. The van der Waals surface area contributed by atoms with Gasteiger partial charge in [-0.3, -0.25) is 4.79 Å². The Morgan fingerprint density at radius 1 is 1.12 bits per heavy atom. The molecular formula is C23H26O3. The molecule has 0 bridgehead atoms. The highest BCUT2D eigenvalue weighted by atomic mass is 16.7. The van der Waals surface area contributed by atoms with Gasteiger partial charge in [0.2, 0.25) is 0 Å². The van der Waals surface area contributed by atoms with Crippen LogP contribution in [0.5, 0.6) is 0 Å². The first-order valence-electron chi connectivity index (χ1n) is 9.31. The molecule has 0 radical (unpaired) electrons. The number of Topliss-reactive ketones (excluding diaryl/α,β-unsaturated/α-hetero) is 1. The SMILES string of the molecule is CCOC1CCC(C(=O)c2ccc(C(C)C)cc2)=C(c2ccccc2)O1. The number of carbonyl (C=O) groups is 1. The van der Waals surface area contributed by atoms with Gasteiger partial charge in [0.25, 0.3) is 0 Å². The molecule has 0 N–H and O–H groups in total. The molecule has 0 amide bonds. The lowest BCUT2D eigenvalue weighted by molar-refractivity contribution is -0.102. The molecule has 0 fully saturated rings. The van der Waals surface area contributed by atoms with Crippen molar-refractivity contribution in [3.8, 4) is 0 Å². The summed E-state index contributed by atoms with van der Waals surface area (Å²) in [5.41, 5.74) is 3.58. The number of allylic oxidation sites excluding steroid dienone is 1. The lowest BCUT2D eigenvalue weighted by Crippen LogP contribution is -2.24. The molecule has 2 aromatic rings. The van der Waals surface area contributed by atoms with Crippen LogP contribution in [0.3, 0.4) is 0 Å². The van der Waals surface area contributed by atoms with Gasteiger partial charge in [0.05, 0.1) is 0 Å². The molecule has 1 aliphatic rings. The Labute approximate surface area is 155 Å². The largest absolute Gasteiger partial charge is 0.464 e. The van der Waals surface area contributed by atoms with Gasteiger partial charge in [0, 0.05) is 29.7 Å². The number of benzene rings is 2. The normalized spacial score (nSPS) is 17.3. The lowest BCUT2D eigenvalue weighted by Gasteiger charge is -2.28. The van der Waals surface area contributed by atoms with E-state index in [9.17, 15) is 4.79 Å². The van der Waals surface area contributed by atoms with Crippen LogP contribution in [0.1, 0.15) is 61.0 Å². The number of carbonyl (C=O) groups excluding carboxylic acids is 1. The molecular weight excluding hydrogens is 324 g/mol. The molecule has 3 heteroatoms. The summed E-state index contributed by atoms with van der Waals surface area (Å²) in [6.07, 6.45) is 1.05. The number of ether oxygens (including phenoxy) is 2. The van der Waals surface area contributed by atoms with E-state index in [1.165, 1.54) is 5.56 Å². The Bertz CT molecular complexity index is 773. The van der Waals surface area contributed by atoms with Gasteiger partial charge in [0.15, 0.2) is 12.1 Å². The summed E-state index contributed by atoms with van der Waals surface area (Å²) in [5.74, 6) is 1.13. The van der Waals surface area contributed by atoms with Crippen LogP contribution < -0.4 is 0 Å². The Morgan fingerprint density at radius 3 is 2.42 bits per heavy atom. The highest BCUT2D eigenvalue weighted by Gasteiger charge is 2.28. The predicted octanol–water partition coefficient (Wildman–Crippen LogP) is 5.58. The average Bonchev–Trinajstić information content (AvgIpc) is 2.68. The van der Waals surface area contributed by atoms with Gasteiger partial charge >= 0.3 is 0 Å². The minimum absolute atomic E-state index is 0.0362. The third-order valence-electron chi connectivity index (χ3n) is 4.66. The van der Waals surface area contributed by atoms with Crippen molar-refractivity contribution in [3.63, 3.8) is 0 Å². The number of ketones is 1. The summed E-state index contributed by atoms with van der Waals surface area (Å²) >= 11 is 0. The van der Waals surface area contributed by atoms with E-state index in [0.717, 1.165) is 11.1 Å². The molecule has 1 atom stereocenters. The van der Waals surface area contributed by atoms with E-state index < -0.39 is 0 Å². The first kappa shape index (κ1) is 18.4. The summed E-state index contributed by atoms with van der Waals surface area (Å²) in [5, 5.41) is 0. The fourth-order valence-electron chi connectivity index (χ4n) is 3.18. The van der Waals surface area contributed by atoms with Crippen molar-refractivity contribution in [1.82, 2.24) is 0 Å². The van der Waals surface area contributed by atoms with Crippen molar-refractivity contribution in [2.24, 2.45) is 0 Å². The molecule has 1 aliphatic heterocycles. The molecule has 0 aliphatic carbocycles. The quantitative estimate of drug-likeness (QED) is 0.638. The second kappa shape index (κ2) is 8.33. The van der Waals surface area contributed by atoms with Crippen molar-refractivity contribution in [1.29, 1.82) is 0 Å². The monoisotopic (exact) mass is 350 g/mol. The van der Waals surface area contributed by atoms with Crippen LogP contribution in [0.15, 0.2) is 60.2 Å². The van der Waals surface area contributed by atoms with Crippen molar-refractivity contribution in [2.75, 3.05) is 6.61 Å². The van der Waals surface area contributed by atoms with E-state index in [-0.39, 0.29) is 12.1 Å². The topological polar surface area (TPSA) is 35.5 Å². The Kier molecular flexibility index (Phi) is 5.89. The highest BCUT2D eigenvalue weighted by Crippen LogP contribution is 2.33. The van der Waals surface area contributed by atoms with E-state index in [2.05, 4.69) is 13.8 Å². The zero-order chi connectivity index (χ0) is 18.5. The average molecular weight is 350 g/mol. The van der Waals surface area contributed by atoms with Gasteiger partial charge in [-0.1, -0.05) is 68.4 Å². The highest BCUT2D eigenvalue weighted by molar-refractivity contribution is 6.12. The van der Waals surface area contributed by atoms with Crippen LogP contribution in [0.2, 0.25) is 0 Å². The van der Waals surface area contributed by atoms with Crippen LogP contribution in [-0.4, -0.2) is 18.7 Å². The summed E-state index contributed by atoms with van der Waals surface area (Å²) in [6.45, 7) is 6.84. The molecule has 1 unspecified atom stereocenters. The number of hydrogen-bond acceptors (Lipinski definition) is 3. The minimum atomic E-state index is -0.296. The molecule has 0 saturated carbocycles. The van der Waals surface area contributed by atoms with E-state index in [1.54, 1.807) is 0 Å². The lowest BCUT2D eigenvalue weighted by atomic mass is 9.92. The third-order valence-corrected chi connectivity index (χ3v) is 4.66. The van der Waals surface area contributed by atoms with E-state index >= 15 is 0 Å². The molecule has 0 saturated heterocycles. The zero-order valence-corrected chi connectivity index (χ0v) is 15.7. The molecule has 136 valence electrons. The standard InChI is InChI=1S/C23H26O3/c1-4-25-21-15-14-20(23(26-21)19-8-6-5-7-9-19)22(24)18-12-10-17(11-13-18)16(2)3/h5-13,16,21H,4,14-15H2,1-3H3. The van der Waals surface area contributed by atoms with Crippen molar-refractivity contribution >= 4 is 11.5 Å². The zero-order valence-electron chi connectivity index (χ0n) is 15.7. The Hall–Kier alpha value is -2.39. The second-order valence-corrected chi connectivity index (χ2v) is 6.82. The van der Waals surface area contributed by atoms with Crippen LogP contribution in [-0.2, 0) is 9.47 Å². The Balaban J connectivity index is 1.96. The van der Waals surface area contributed by atoms with Gasteiger partial charge in [-0.15, -0.1) is 0 Å². The maximum atomic E-state index is 13.2. The van der Waals surface area contributed by atoms with Crippen LogP contribution in [0.25, 0.3) is 5.76 Å². The first-order valence-corrected chi connectivity index (χ1v) is 9.31. The Morgan fingerprint density at radius 2 is 1.81 bits per heavy atom. The van der Waals surface area contributed by atoms with Crippen molar-refractivity contribution in [2.45, 2.75) is 45.8 Å². The number of hydrogen-bond donors (Lipinski definition) is 0. The second-order valence-electron chi connectivity index (χ2n) is 6.82. The summed E-state index contributed by atoms with van der Waals surface area (Å²) in [4.78, 5) is 13.2. The maximum absolute atomic E-state index is 13.2. The van der Waals surface area contributed by atoms with Crippen LogP contribution >= 0.6 is 0 Å². The van der Waals surface area contributed by atoms with E-state index in [1.807, 2.05) is 61.5 Å². The molecule has 3 rings (SSSR count). The molecule has 0 aromatic heterocycles. The van der Waals surface area contributed by atoms with E-state index in [0.29, 0.717) is 36.7 Å². The molecule has 26 heavy (non-hydrogen) atoms. The van der Waals surface area contributed by atoms with Gasteiger partial charge in [-0.05, 0) is 24.8 Å². The fraction of sp³-hybridized carbons (Fsp3) is 0.348. The van der Waals surface area contributed by atoms with E-state index in [4.69, 9.17) is 9.47 Å². The summed E-state index contributed by atoms with van der Waals surface area (Å²) < 4.78 is 11.7.